The summed E-state index contributed by atoms with van der Waals surface area (Å²) in [5.41, 5.74) is 1.81. The first-order valence-corrected chi connectivity index (χ1v) is 8.63. The fourth-order valence-electron chi connectivity index (χ4n) is 3.50. The Morgan fingerprint density at radius 1 is 1.23 bits per heavy atom. The maximum Gasteiger partial charge on any atom is 0.296 e. The van der Waals surface area contributed by atoms with E-state index in [0.717, 1.165) is 11.3 Å². The van der Waals surface area contributed by atoms with Crippen LogP contribution >= 0.6 is 0 Å². The lowest BCUT2D eigenvalue weighted by molar-refractivity contribution is -0.127. The molecule has 7 heteroatoms. The number of nitrogens with one attached hydrogen (secondary N) is 1. The summed E-state index contributed by atoms with van der Waals surface area (Å²) in [6.07, 6.45) is 3.18. The number of fused-ring (bicyclic) bond motifs is 1. The highest BCUT2D eigenvalue weighted by molar-refractivity contribution is 6.42. The Bertz CT molecular complexity index is 983. The Kier molecular flexibility index (Phi) is 4.06. The van der Waals surface area contributed by atoms with Gasteiger partial charge in [-0.25, -0.2) is 9.37 Å². The molecule has 0 bridgehead atoms. The third-order valence-electron chi connectivity index (χ3n) is 5.00. The molecule has 0 radical (unpaired) electrons. The van der Waals surface area contributed by atoms with Crippen LogP contribution in [0.15, 0.2) is 36.5 Å². The highest BCUT2D eigenvalue weighted by Crippen LogP contribution is 2.28. The minimum Gasteiger partial charge on any atom is -0.348 e. The molecule has 26 heavy (non-hydrogen) atoms. The van der Waals surface area contributed by atoms with E-state index in [1.165, 1.54) is 12.1 Å². The van der Waals surface area contributed by atoms with Gasteiger partial charge in [0.25, 0.3) is 11.7 Å². The summed E-state index contributed by atoms with van der Waals surface area (Å²) in [5.74, 6) is -0.259. The minimum absolute atomic E-state index is 0.166. The molecule has 0 saturated carbocycles. The number of ketones is 1. The van der Waals surface area contributed by atoms with Gasteiger partial charge < -0.3 is 14.5 Å². The van der Waals surface area contributed by atoms with Crippen molar-refractivity contribution in [3.05, 3.63) is 53.9 Å². The highest BCUT2D eigenvalue weighted by atomic mass is 19.1. The first-order chi connectivity index (χ1) is 12.5. The zero-order valence-corrected chi connectivity index (χ0v) is 14.4. The van der Waals surface area contributed by atoms with Crippen molar-refractivity contribution >= 4 is 22.7 Å². The largest absolute Gasteiger partial charge is 0.348 e. The number of aromatic nitrogens is 3. The van der Waals surface area contributed by atoms with E-state index in [-0.39, 0.29) is 11.7 Å². The zero-order valence-electron chi connectivity index (χ0n) is 14.4. The molecule has 1 aliphatic heterocycles. The molecular weight excluding hydrogens is 335 g/mol. The topological polar surface area (TPSA) is 71.0 Å². The van der Waals surface area contributed by atoms with Crippen LogP contribution in [0.3, 0.4) is 0 Å². The molecular formula is C19H19FN4O2. The fourth-order valence-corrected chi connectivity index (χ4v) is 3.50. The van der Waals surface area contributed by atoms with Crippen LogP contribution in [0.2, 0.25) is 0 Å². The van der Waals surface area contributed by atoms with E-state index in [9.17, 15) is 14.0 Å². The number of piperidine rings is 1. The van der Waals surface area contributed by atoms with Crippen LogP contribution in [0.25, 0.3) is 11.0 Å². The Labute approximate surface area is 149 Å². The quantitative estimate of drug-likeness (QED) is 0.581. The number of rotatable bonds is 3. The fraction of sp³-hybridized carbons (Fsp3) is 0.316. The Balaban J connectivity index is 1.44. The average Bonchev–Trinajstić information content (AvgIpc) is 3.26. The van der Waals surface area contributed by atoms with Gasteiger partial charge in [-0.2, -0.15) is 0 Å². The van der Waals surface area contributed by atoms with E-state index in [1.54, 1.807) is 40.9 Å². The van der Waals surface area contributed by atoms with Crippen molar-refractivity contribution in [3.8, 4) is 0 Å². The number of likely N-dealkylation sites (tertiary alicyclic amines) is 1. The van der Waals surface area contributed by atoms with Crippen molar-refractivity contribution in [1.29, 1.82) is 0 Å². The monoisotopic (exact) mass is 354 g/mol. The molecule has 0 unspecified atom stereocenters. The van der Waals surface area contributed by atoms with Crippen LogP contribution in [0.1, 0.15) is 35.1 Å². The van der Waals surface area contributed by atoms with Crippen LogP contribution in [0.4, 0.5) is 4.39 Å². The van der Waals surface area contributed by atoms with E-state index in [0.29, 0.717) is 37.1 Å². The lowest BCUT2D eigenvalue weighted by Gasteiger charge is -2.30. The number of imidazole rings is 1. The number of aryl methyl sites for hydroxylation is 1. The number of hydrogen-bond donors (Lipinski definition) is 1. The molecule has 1 saturated heterocycles. The third-order valence-corrected chi connectivity index (χ3v) is 5.00. The van der Waals surface area contributed by atoms with Crippen LogP contribution in [0.5, 0.6) is 0 Å². The van der Waals surface area contributed by atoms with Crippen LogP contribution in [0, 0.1) is 5.82 Å². The molecule has 0 aliphatic carbocycles. The molecule has 1 N–H and O–H groups in total. The number of carbonyl (C=O) groups excluding carboxylic acids is 2. The van der Waals surface area contributed by atoms with Crippen molar-refractivity contribution < 1.29 is 14.0 Å². The molecule has 1 fully saturated rings. The smallest absolute Gasteiger partial charge is 0.296 e. The lowest BCUT2D eigenvalue weighted by Crippen LogP contribution is -2.42. The predicted molar refractivity (Wildman–Crippen MR) is 94.4 cm³/mol. The summed E-state index contributed by atoms with van der Waals surface area (Å²) in [5, 5.41) is 0. The summed E-state index contributed by atoms with van der Waals surface area (Å²) in [6.45, 7) is 1.01. The molecule has 3 heterocycles. The normalized spacial score (nSPS) is 15.5. The minimum atomic E-state index is -0.477. The van der Waals surface area contributed by atoms with Crippen molar-refractivity contribution in [1.82, 2.24) is 19.4 Å². The highest BCUT2D eigenvalue weighted by Gasteiger charge is 2.30. The number of benzene rings is 1. The number of H-pyrrole nitrogens is 1. The van der Waals surface area contributed by atoms with Crippen molar-refractivity contribution in [2.45, 2.75) is 18.8 Å². The third kappa shape index (κ3) is 2.89. The van der Waals surface area contributed by atoms with E-state index >= 15 is 0 Å². The second-order valence-electron chi connectivity index (χ2n) is 6.68. The first kappa shape index (κ1) is 16.5. The number of carbonyl (C=O) groups is 2. The number of hydrogen-bond acceptors (Lipinski definition) is 3. The lowest BCUT2D eigenvalue weighted by atomic mass is 9.96. The van der Waals surface area contributed by atoms with Gasteiger partial charge in [0.15, 0.2) is 0 Å². The van der Waals surface area contributed by atoms with Gasteiger partial charge in [-0.1, -0.05) is 0 Å². The van der Waals surface area contributed by atoms with Gasteiger partial charge >= 0.3 is 0 Å². The molecule has 2 aromatic heterocycles. The molecule has 0 atom stereocenters. The SMILES string of the molecule is Cn1cccc1C(=O)C(=O)N1CCC(c2nc3ccc(F)cc3[nH]2)CC1. The maximum absolute atomic E-state index is 13.3. The number of amides is 1. The second kappa shape index (κ2) is 6.40. The van der Waals surface area contributed by atoms with Crippen molar-refractivity contribution in [2.75, 3.05) is 13.1 Å². The van der Waals surface area contributed by atoms with E-state index in [2.05, 4.69) is 9.97 Å². The molecule has 1 aromatic carbocycles. The summed E-state index contributed by atoms with van der Waals surface area (Å²) in [4.78, 5) is 34.2. The number of nitrogens with zero attached hydrogens (tertiary/aromatic N) is 3. The number of Topliss-reactive ketones (excluding diaryl/α,β-unsaturated/α-hetero) is 1. The second-order valence-corrected chi connectivity index (χ2v) is 6.68. The summed E-state index contributed by atoms with van der Waals surface area (Å²) in [7, 11) is 1.75. The first-order valence-electron chi connectivity index (χ1n) is 8.63. The molecule has 6 nitrogen and oxygen atoms in total. The standard InChI is InChI=1S/C19H19FN4O2/c1-23-8-2-3-16(23)17(25)19(26)24-9-6-12(7-10-24)18-21-14-5-4-13(20)11-15(14)22-18/h2-5,8,11-12H,6-7,9-10H2,1H3,(H,21,22). The van der Waals surface area contributed by atoms with Crippen molar-refractivity contribution in [2.24, 2.45) is 7.05 Å². The van der Waals surface area contributed by atoms with Crippen molar-refractivity contribution in [3.63, 3.8) is 0 Å². The van der Waals surface area contributed by atoms with Crippen LogP contribution < -0.4 is 0 Å². The summed E-state index contributed by atoms with van der Waals surface area (Å²) < 4.78 is 15.0. The van der Waals surface area contributed by atoms with Gasteiger partial charge in [-0.05, 0) is 43.2 Å². The summed E-state index contributed by atoms with van der Waals surface area (Å²) >= 11 is 0. The molecule has 3 aromatic rings. The van der Waals surface area contributed by atoms with Gasteiger partial charge in [0.05, 0.1) is 16.7 Å². The predicted octanol–water partition coefficient (Wildman–Crippen LogP) is 2.63. The van der Waals surface area contributed by atoms with Gasteiger partial charge in [-0.15, -0.1) is 0 Å². The Hall–Kier alpha value is -2.96. The van der Waals surface area contributed by atoms with Gasteiger partial charge in [-0.3, -0.25) is 9.59 Å². The molecule has 134 valence electrons. The van der Waals surface area contributed by atoms with E-state index < -0.39 is 11.7 Å². The van der Waals surface area contributed by atoms with Gasteiger partial charge in [0.2, 0.25) is 0 Å². The number of aromatic amines is 1. The summed E-state index contributed by atoms with van der Waals surface area (Å²) in [6, 6.07) is 7.88. The van der Waals surface area contributed by atoms with Gasteiger partial charge in [0.1, 0.15) is 11.6 Å². The van der Waals surface area contributed by atoms with E-state index in [4.69, 9.17) is 0 Å². The zero-order chi connectivity index (χ0) is 18.3. The molecule has 1 aliphatic rings. The number of halogens is 1. The van der Waals surface area contributed by atoms with Crippen LogP contribution in [-0.4, -0.2) is 44.2 Å². The maximum atomic E-state index is 13.3. The van der Waals surface area contributed by atoms with E-state index in [1.807, 2.05) is 0 Å². The van der Waals surface area contributed by atoms with Crippen LogP contribution in [-0.2, 0) is 11.8 Å². The molecule has 1 amide bonds. The average molecular weight is 354 g/mol. The molecule has 4 rings (SSSR count). The molecule has 0 spiro atoms. The van der Waals surface area contributed by atoms with Gasteiger partial charge in [0, 0.05) is 32.3 Å². The Morgan fingerprint density at radius 2 is 2.00 bits per heavy atom. The Morgan fingerprint density at radius 3 is 2.69 bits per heavy atom.